The third-order valence-electron chi connectivity index (χ3n) is 5.80. The molecule has 31 heavy (non-hydrogen) atoms. The molecule has 0 spiro atoms. The molecule has 1 saturated heterocycles. The first-order valence-electron chi connectivity index (χ1n) is 9.67. The number of nitrogens with zero attached hydrogens (tertiary/aromatic N) is 2. The molecule has 2 fully saturated rings. The van der Waals surface area contributed by atoms with Crippen LogP contribution in [0.15, 0.2) is 40.4 Å². The van der Waals surface area contributed by atoms with Gasteiger partial charge in [0, 0.05) is 27.7 Å². The summed E-state index contributed by atoms with van der Waals surface area (Å²) in [6.07, 6.45) is 0.551. The fourth-order valence-electron chi connectivity index (χ4n) is 3.79. The highest BCUT2D eigenvalue weighted by Crippen LogP contribution is 2.39. The molecule has 1 aliphatic carbocycles. The number of carbonyl (C=O) groups excluding carboxylic acids is 1. The molecule has 0 aromatic heterocycles. The lowest BCUT2D eigenvalue weighted by molar-refractivity contribution is -0.140. The van der Waals surface area contributed by atoms with Gasteiger partial charge in [0.1, 0.15) is 5.54 Å². The quantitative estimate of drug-likeness (QED) is 0.707. The van der Waals surface area contributed by atoms with E-state index in [0.717, 1.165) is 12.1 Å². The van der Waals surface area contributed by atoms with Gasteiger partial charge < -0.3 is 10.6 Å². The molecule has 7 nitrogen and oxygen atoms in total. The van der Waals surface area contributed by atoms with E-state index in [1.165, 1.54) is 18.5 Å². The Morgan fingerprint density at radius 3 is 2.68 bits per heavy atom. The number of amides is 1. The van der Waals surface area contributed by atoms with Crippen molar-refractivity contribution in [3.05, 3.63) is 41.6 Å². The number of allylic oxidation sites excluding steroid dienone is 1. The van der Waals surface area contributed by atoms with E-state index in [2.05, 4.69) is 15.6 Å². The largest absolute Gasteiger partial charge is 0.417 e. The second-order valence-corrected chi connectivity index (χ2v) is 10.2. The molecule has 4 rings (SSSR count). The zero-order valence-corrected chi connectivity index (χ0v) is 17.0. The van der Waals surface area contributed by atoms with Crippen molar-refractivity contribution in [3.63, 3.8) is 0 Å². The van der Waals surface area contributed by atoms with Crippen LogP contribution in [-0.4, -0.2) is 43.9 Å². The average molecular weight is 456 g/mol. The molecule has 1 saturated carbocycles. The van der Waals surface area contributed by atoms with E-state index >= 15 is 0 Å². The maximum Gasteiger partial charge on any atom is 0.417 e. The van der Waals surface area contributed by atoms with Crippen LogP contribution in [-0.2, 0) is 20.8 Å². The zero-order chi connectivity index (χ0) is 22.4. The van der Waals surface area contributed by atoms with Crippen molar-refractivity contribution < 1.29 is 29.2 Å². The van der Waals surface area contributed by atoms with Crippen molar-refractivity contribution in [1.82, 2.24) is 10.6 Å². The minimum absolute atomic E-state index is 0. The molecular formula is C20H23F3N4O3S. The number of alkyl halides is 3. The van der Waals surface area contributed by atoms with Crippen molar-refractivity contribution in [2.24, 2.45) is 4.99 Å². The number of rotatable bonds is 5. The number of hydrogen-bond donors (Lipinski definition) is 2. The third kappa shape index (κ3) is 4.09. The summed E-state index contributed by atoms with van der Waals surface area (Å²) in [6, 6.07) is 4.30. The van der Waals surface area contributed by atoms with Crippen LogP contribution in [0.1, 0.15) is 39.2 Å². The summed E-state index contributed by atoms with van der Waals surface area (Å²) < 4.78 is 67.4. The Balaban J connectivity index is 0.00000193. The van der Waals surface area contributed by atoms with E-state index in [1.807, 2.05) is 6.07 Å². The van der Waals surface area contributed by atoms with Gasteiger partial charge in [-0.05, 0) is 37.0 Å². The molecule has 3 aliphatic rings. The first kappa shape index (κ1) is 21.5. The van der Waals surface area contributed by atoms with Crippen LogP contribution < -0.4 is 10.6 Å². The molecule has 1 aromatic carbocycles. The normalized spacial score (nSPS) is 26.6. The van der Waals surface area contributed by atoms with Gasteiger partial charge in [-0.25, -0.2) is 8.42 Å². The van der Waals surface area contributed by atoms with Gasteiger partial charge in [-0.1, -0.05) is 12.1 Å². The average Bonchev–Trinajstić information content (AvgIpc) is 3.15. The van der Waals surface area contributed by atoms with E-state index < -0.39 is 55.1 Å². The summed E-state index contributed by atoms with van der Waals surface area (Å²) in [5, 5.41) is 13.2. The molecule has 11 heteroatoms. The Morgan fingerprint density at radius 1 is 1.35 bits per heavy atom. The van der Waals surface area contributed by atoms with Gasteiger partial charge in [0.2, 0.25) is 5.91 Å². The van der Waals surface area contributed by atoms with Crippen molar-refractivity contribution in [2.75, 3.05) is 6.54 Å². The predicted molar refractivity (Wildman–Crippen MR) is 109 cm³/mol. The Bertz CT molecular complexity index is 1120. The van der Waals surface area contributed by atoms with E-state index in [-0.39, 0.29) is 21.4 Å². The molecular weight excluding hydrogens is 433 g/mol. The number of hydrogen-bond acceptors (Lipinski definition) is 6. The fraction of sp³-hybridized carbons (Fsp3) is 0.450. The van der Waals surface area contributed by atoms with Crippen LogP contribution in [0.3, 0.4) is 0 Å². The van der Waals surface area contributed by atoms with Gasteiger partial charge in [-0.3, -0.25) is 9.79 Å². The number of sulfone groups is 1. The molecule has 2 heterocycles. The van der Waals surface area contributed by atoms with Gasteiger partial charge in [-0.15, -0.1) is 0 Å². The van der Waals surface area contributed by atoms with Gasteiger partial charge in [0.05, 0.1) is 27.8 Å². The monoisotopic (exact) mass is 456 g/mol. The highest BCUT2D eigenvalue weighted by molar-refractivity contribution is 7.92. The third-order valence-corrected chi connectivity index (χ3v) is 8.00. The minimum Gasteiger partial charge on any atom is -0.336 e. The number of carbonyl (C=O) groups is 1. The van der Waals surface area contributed by atoms with Gasteiger partial charge in [0.25, 0.3) is 0 Å². The Kier molecular flexibility index (Phi) is 5.18. The highest BCUT2D eigenvalue weighted by atomic mass is 32.2. The molecule has 2 aliphatic heterocycles. The molecule has 0 bridgehead atoms. The Labute approximate surface area is 179 Å². The maximum absolute atomic E-state index is 13.7. The van der Waals surface area contributed by atoms with Crippen LogP contribution in [0.2, 0.25) is 0 Å². The second kappa shape index (κ2) is 7.46. The van der Waals surface area contributed by atoms with Gasteiger partial charge in [0.15, 0.2) is 9.84 Å². The summed E-state index contributed by atoms with van der Waals surface area (Å²) >= 11 is 0. The van der Waals surface area contributed by atoms with E-state index in [1.54, 1.807) is 6.08 Å². The van der Waals surface area contributed by atoms with Gasteiger partial charge in [-0.2, -0.15) is 18.4 Å². The summed E-state index contributed by atoms with van der Waals surface area (Å²) in [5.41, 5.74) is -1.85. The second-order valence-electron chi connectivity index (χ2n) is 7.97. The van der Waals surface area contributed by atoms with Crippen molar-refractivity contribution in [1.29, 1.82) is 5.26 Å². The van der Waals surface area contributed by atoms with E-state index in [4.69, 9.17) is 5.26 Å². The summed E-state index contributed by atoms with van der Waals surface area (Å²) in [4.78, 5) is 15.4. The van der Waals surface area contributed by atoms with Crippen LogP contribution >= 0.6 is 0 Å². The topological polar surface area (TPSA) is 111 Å². The first-order chi connectivity index (χ1) is 14.6. The minimum atomic E-state index is -4.87. The number of halogens is 3. The van der Waals surface area contributed by atoms with Gasteiger partial charge >= 0.3 is 6.18 Å². The molecule has 2 N–H and O–H groups in total. The van der Waals surface area contributed by atoms with Crippen molar-refractivity contribution >= 4 is 22.0 Å². The van der Waals surface area contributed by atoms with Crippen LogP contribution in [0.4, 0.5) is 13.2 Å². The molecule has 168 valence electrons. The molecule has 1 unspecified atom stereocenters. The smallest absolute Gasteiger partial charge is 0.336 e. The van der Waals surface area contributed by atoms with Crippen molar-refractivity contribution in [2.45, 2.75) is 53.1 Å². The first-order valence-corrected chi connectivity index (χ1v) is 11.2. The molecule has 3 atom stereocenters. The van der Waals surface area contributed by atoms with Crippen LogP contribution in [0.25, 0.3) is 0 Å². The number of aliphatic imine (C=N–C) groups is 1. The Morgan fingerprint density at radius 2 is 2.10 bits per heavy atom. The number of nitrogens with one attached hydrogen (secondary N) is 2. The van der Waals surface area contributed by atoms with Crippen molar-refractivity contribution in [3.8, 4) is 6.07 Å². The highest BCUT2D eigenvalue weighted by Gasteiger charge is 2.48. The fourth-order valence-corrected chi connectivity index (χ4v) is 5.65. The number of benzene rings is 1. The lowest BCUT2D eigenvalue weighted by Gasteiger charge is -2.19. The predicted octanol–water partition coefficient (Wildman–Crippen LogP) is 2.56. The lowest BCUT2D eigenvalue weighted by Crippen LogP contribution is -2.45. The zero-order valence-electron chi connectivity index (χ0n) is 16.2. The Hall–Kier alpha value is -2.71. The summed E-state index contributed by atoms with van der Waals surface area (Å²) in [5.74, 6) is -0.968. The lowest BCUT2D eigenvalue weighted by atomic mass is 9.99. The molecule has 1 aromatic rings. The summed E-state index contributed by atoms with van der Waals surface area (Å²) in [6.45, 7) is -0.156. The molecule has 1 amide bonds. The van der Waals surface area contributed by atoms with Crippen LogP contribution in [0.5, 0.6) is 0 Å². The molecule has 0 radical (unpaired) electrons. The standard InChI is InChI=1S/C20H19F3N4O3S.2H2/c21-20(22,23)15-7-12(13-3-6-25-9-13)1-2-17(15)31(29,30)14-8-16(26-10-14)18(28)27-19(11-24)4-5-19;;/h1-3,6-7,9,13-14,16,26H,4-5,8,10H2,(H,27,28);2*1H/t13?,14-,16+;;/m1../s1. The maximum atomic E-state index is 13.7. The number of nitriles is 1. The summed E-state index contributed by atoms with van der Waals surface area (Å²) in [7, 11) is -4.37. The SMILES string of the molecule is N#CC1(NC(=O)[C@@H]2C[C@@H](S(=O)(=O)c3ccc(C4C=CN=C4)cc3C(F)(F)F)CN2)CC1.[HH].[HH]. The van der Waals surface area contributed by atoms with Crippen LogP contribution in [0, 0.1) is 11.3 Å². The van der Waals surface area contributed by atoms with E-state index in [0.29, 0.717) is 12.8 Å². The van der Waals surface area contributed by atoms with E-state index in [9.17, 15) is 26.4 Å².